The Morgan fingerprint density at radius 3 is 2.83 bits per heavy atom. The quantitative estimate of drug-likeness (QED) is 0.909. The number of rotatable bonds is 4. The van der Waals surface area contributed by atoms with Crippen molar-refractivity contribution in [3.63, 3.8) is 0 Å². The number of hydrogen-bond acceptors (Lipinski definition) is 5. The van der Waals surface area contributed by atoms with Crippen LogP contribution in [0.1, 0.15) is 38.3 Å². The van der Waals surface area contributed by atoms with Crippen LogP contribution in [0.5, 0.6) is 0 Å². The van der Waals surface area contributed by atoms with Gasteiger partial charge in [0.05, 0.1) is 0 Å². The summed E-state index contributed by atoms with van der Waals surface area (Å²) in [6, 6.07) is 0. The van der Waals surface area contributed by atoms with Crippen molar-refractivity contribution in [2.75, 3.05) is 25.0 Å². The molecule has 1 saturated heterocycles. The van der Waals surface area contributed by atoms with Crippen molar-refractivity contribution in [3.05, 3.63) is 5.69 Å². The molecular weight excluding hydrogens is 244 g/mol. The lowest BCUT2D eigenvalue weighted by atomic mass is 9.78. The van der Waals surface area contributed by atoms with E-state index in [2.05, 4.69) is 26.7 Å². The smallest absolute Gasteiger partial charge is 0.134 e. The van der Waals surface area contributed by atoms with E-state index in [9.17, 15) is 0 Å². The molecule has 18 heavy (non-hydrogen) atoms. The van der Waals surface area contributed by atoms with Crippen LogP contribution in [0, 0.1) is 11.8 Å². The number of aromatic nitrogens is 2. The number of likely N-dealkylation sites (tertiary alicyclic amines) is 1. The monoisotopic (exact) mass is 266 g/mol. The topological polar surface area (TPSA) is 41.1 Å². The van der Waals surface area contributed by atoms with Crippen LogP contribution in [0.15, 0.2) is 0 Å². The molecule has 4 nitrogen and oxygen atoms in total. The normalized spacial score (nSPS) is 28.3. The molecule has 1 saturated carbocycles. The maximum Gasteiger partial charge on any atom is 0.134 e. The zero-order valence-corrected chi connectivity index (χ0v) is 11.9. The summed E-state index contributed by atoms with van der Waals surface area (Å²) in [5.41, 5.74) is 1.14. The van der Waals surface area contributed by atoms with Gasteiger partial charge in [0.15, 0.2) is 0 Å². The maximum atomic E-state index is 4.29. The minimum atomic E-state index is 0.937. The molecule has 3 rings (SSSR count). The molecule has 2 aliphatic rings. The van der Waals surface area contributed by atoms with Crippen LogP contribution in [0.3, 0.4) is 0 Å². The highest BCUT2D eigenvalue weighted by atomic mass is 32.1. The predicted octanol–water partition coefficient (Wildman–Crippen LogP) is 2.59. The third-order valence-electron chi connectivity index (χ3n) is 4.19. The first-order valence-corrected chi connectivity index (χ1v) is 7.90. The summed E-state index contributed by atoms with van der Waals surface area (Å²) in [5.74, 6) is 1.87. The Bertz CT molecular complexity index is 380. The standard InChI is InChI=1S/C13H22N4S/c1-2-14-13-12(15-16-18-13)9-17-7-10-4-3-5-11(6-10)8-17/h10-11,14H,2-9H2,1H3. The molecule has 0 amide bonds. The van der Waals surface area contributed by atoms with Crippen molar-refractivity contribution in [3.8, 4) is 0 Å². The highest BCUT2D eigenvalue weighted by Gasteiger charge is 2.30. The minimum Gasteiger partial charge on any atom is -0.374 e. The van der Waals surface area contributed by atoms with E-state index in [1.54, 1.807) is 0 Å². The van der Waals surface area contributed by atoms with Crippen molar-refractivity contribution >= 4 is 16.5 Å². The maximum absolute atomic E-state index is 4.29. The van der Waals surface area contributed by atoms with Crippen LogP contribution in [0.2, 0.25) is 0 Å². The molecule has 2 unspecified atom stereocenters. The van der Waals surface area contributed by atoms with Gasteiger partial charge in [0.1, 0.15) is 10.7 Å². The van der Waals surface area contributed by atoms with Gasteiger partial charge >= 0.3 is 0 Å². The summed E-state index contributed by atoms with van der Waals surface area (Å²) < 4.78 is 4.08. The lowest BCUT2D eigenvalue weighted by Gasteiger charge is -2.41. The SMILES string of the molecule is CCNc1snnc1CN1CC2CCCC(C2)C1. The first kappa shape index (κ1) is 12.4. The average molecular weight is 266 g/mol. The molecule has 2 fully saturated rings. The minimum absolute atomic E-state index is 0.937. The fraction of sp³-hybridized carbons (Fsp3) is 0.846. The molecular formula is C13H22N4S. The summed E-state index contributed by atoms with van der Waals surface area (Å²) in [6.45, 7) is 6.57. The Kier molecular flexibility index (Phi) is 3.80. The van der Waals surface area contributed by atoms with Gasteiger partial charge in [-0.2, -0.15) is 0 Å². The predicted molar refractivity (Wildman–Crippen MR) is 74.8 cm³/mol. The third kappa shape index (κ3) is 2.67. The number of anilines is 1. The lowest BCUT2D eigenvalue weighted by molar-refractivity contribution is 0.0800. The van der Waals surface area contributed by atoms with E-state index in [1.165, 1.54) is 50.3 Å². The van der Waals surface area contributed by atoms with Crippen LogP contribution in [-0.2, 0) is 6.54 Å². The number of fused-ring (bicyclic) bond motifs is 2. The Labute approximate surface area is 113 Å². The average Bonchev–Trinajstić information content (AvgIpc) is 2.77. The van der Waals surface area contributed by atoms with E-state index in [0.717, 1.165) is 35.6 Å². The number of hydrogen-bond donors (Lipinski definition) is 1. The Hall–Kier alpha value is -0.680. The number of nitrogens with zero attached hydrogens (tertiary/aromatic N) is 3. The molecule has 1 aromatic heterocycles. The largest absolute Gasteiger partial charge is 0.374 e. The van der Waals surface area contributed by atoms with Gasteiger partial charge in [-0.25, -0.2) is 0 Å². The summed E-state index contributed by atoms with van der Waals surface area (Å²) in [4.78, 5) is 2.59. The molecule has 0 aromatic carbocycles. The van der Waals surface area contributed by atoms with Crippen LogP contribution >= 0.6 is 11.5 Å². The first-order chi connectivity index (χ1) is 8.85. The molecule has 2 atom stereocenters. The molecule has 1 N–H and O–H groups in total. The molecule has 5 heteroatoms. The fourth-order valence-electron chi connectivity index (χ4n) is 3.49. The molecule has 0 spiro atoms. The van der Waals surface area contributed by atoms with Gasteiger partial charge in [-0.05, 0) is 38.0 Å². The van der Waals surface area contributed by atoms with Crippen LogP contribution in [0.25, 0.3) is 0 Å². The number of nitrogens with one attached hydrogen (secondary N) is 1. The van der Waals surface area contributed by atoms with Crippen LogP contribution < -0.4 is 5.32 Å². The second-order valence-electron chi connectivity index (χ2n) is 5.67. The van der Waals surface area contributed by atoms with Gasteiger partial charge < -0.3 is 5.32 Å². The summed E-state index contributed by atoms with van der Waals surface area (Å²) in [7, 11) is 0. The lowest BCUT2D eigenvalue weighted by Crippen LogP contribution is -2.42. The molecule has 1 aromatic rings. The van der Waals surface area contributed by atoms with E-state index in [1.807, 2.05) is 0 Å². The van der Waals surface area contributed by atoms with E-state index in [-0.39, 0.29) is 0 Å². The van der Waals surface area contributed by atoms with Gasteiger partial charge in [-0.1, -0.05) is 10.9 Å². The summed E-state index contributed by atoms with van der Waals surface area (Å²) >= 11 is 1.49. The fourth-order valence-corrected chi connectivity index (χ4v) is 4.13. The molecule has 2 bridgehead atoms. The van der Waals surface area contributed by atoms with E-state index >= 15 is 0 Å². The van der Waals surface area contributed by atoms with E-state index in [4.69, 9.17) is 0 Å². The highest BCUT2D eigenvalue weighted by molar-refractivity contribution is 7.10. The van der Waals surface area contributed by atoms with Crippen molar-refractivity contribution in [1.29, 1.82) is 0 Å². The van der Waals surface area contributed by atoms with E-state index in [0.29, 0.717) is 0 Å². The Morgan fingerprint density at radius 2 is 2.11 bits per heavy atom. The third-order valence-corrected chi connectivity index (χ3v) is 4.92. The molecule has 1 aliphatic carbocycles. The van der Waals surface area contributed by atoms with Crippen molar-refractivity contribution < 1.29 is 0 Å². The second kappa shape index (κ2) is 5.53. The molecule has 2 heterocycles. The van der Waals surface area contributed by atoms with Gasteiger partial charge in [0.2, 0.25) is 0 Å². The summed E-state index contributed by atoms with van der Waals surface area (Å²) in [5, 5.41) is 8.81. The van der Waals surface area contributed by atoms with Gasteiger partial charge in [-0.15, -0.1) is 5.10 Å². The number of piperidine rings is 1. The Morgan fingerprint density at radius 1 is 1.33 bits per heavy atom. The van der Waals surface area contributed by atoms with Gasteiger partial charge in [0.25, 0.3) is 0 Å². The molecule has 1 aliphatic heterocycles. The van der Waals surface area contributed by atoms with Gasteiger partial charge in [0, 0.05) is 37.7 Å². The summed E-state index contributed by atoms with van der Waals surface area (Å²) in [6.07, 6.45) is 5.78. The molecule has 100 valence electrons. The first-order valence-electron chi connectivity index (χ1n) is 7.12. The zero-order valence-electron chi connectivity index (χ0n) is 11.1. The van der Waals surface area contributed by atoms with Crippen molar-refractivity contribution in [2.24, 2.45) is 11.8 Å². The zero-order chi connectivity index (χ0) is 12.4. The van der Waals surface area contributed by atoms with Crippen molar-refractivity contribution in [2.45, 2.75) is 39.2 Å². The Balaban J connectivity index is 1.63. The second-order valence-corrected chi connectivity index (χ2v) is 6.43. The molecule has 0 radical (unpaired) electrons. The highest BCUT2D eigenvalue weighted by Crippen LogP contribution is 2.35. The van der Waals surface area contributed by atoms with Crippen LogP contribution in [0.4, 0.5) is 5.00 Å². The van der Waals surface area contributed by atoms with Gasteiger partial charge in [-0.3, -0.25) is 4.90 Å². The van der Waals surface area contributed by atoms with E-state index < -0.39 is 0 Å². The van der Waals surface area contributed by atoms with Crippen LogP contribution in [-0.4, -0.2) is 34.1 Å². The van der Waals surface area contributed by atoms with Crippen molar-refractivity contribution in [1.82, 2.24) is 14.5 Å².